The van der Waals surface area contributed by atoms with E-state index < -0.39 is 82.5 Å². The standard InChI is InChI=1S/C64H102N3O14PS2/c1-7-13-15-17-19-21-23-25-27-29-31-33-35-37-62(68)77-50-55(80-63(69)38-36-34-32-30-28-26-24-22-20-18-16-14-8-2)51-79-82(70,71)78-46-45-65-83(72,73)60-44-39-52(47-61(60)84(74,75)76)64-56-42-40-53(66(9-3)10-4)48-58(56)81-59-49-54(41-43-57(59)64)67(11-5)12-6/h39-44,47-49,55,65H,7-38,45-46,50-51H2,1-6H3,(H-,70,71,74,75,76)/p+1/t55-/m1/s1. The fourth-order valence-electron chi connectivity index (χ4n) is 10.7. The molecule has 0 fully saturated rings. The molecule has 2 atom stereocenters. The Balaban J connectivity index is 1.38. The molecule has 0 amide bonds. The van der Waals surface area contributed by atoms with Crippen LogP contribution < -0.4 is 24.4 Å². The van der Waals surface area contributed by atoms with Gasteiger partial charge >= 0.3 is 20.1 Å². The molecule has 0 bridgehead atoms. The van der Waals surface area contributed by atoms with Crippen LogP contribution in [0.3, 0.4) is 0 Å². The molecule has 17 nitrogen and oxygen atoms in total. The van der Waals surface area contributed by atoms with E-state index >= 15 is 0 Å². The Bertz CT molecular complexity index is 2820. The Kier molecular flexibility index (Phi) is 34.2. The van der Waals surface area contributed by atoms with Crippen LogP contribution in [0.2, 0.25) is 0 Å². The maximum atomic E-state index is 13.8. The molecule has 20 heteroatoms. The summed E-state index contributed by atoms with van der Waals surface area (Å²) in [4.78, 5) is 50.2. The van der Waals surface area contributed by atoms with Crippen molar-refractivity contribution in [3.05, 3.63) is 60.0 Å². The summed E-state index contributed by atoms with van der Waals surface area (Å²) in [6.07, 6.45) is 29.0. The van der Waals surface area contributed by atoms with E-state index in [-0.39, 0.29) is 18.4 Å². The average molecular weight is 1230 g/mol. The number of nitrogens with zero attached hydrogens (tertiary/aromatic N) is 2. The van der Waals surface area contributed by atoms with E-state index in [0.717, 1.165) is 94.3 Å². The van der Waals surface area contributed by atoms with Gasteiger partial charge in [0.2, 0.25) is 15.4 Å². The van der Waals surface area contributed by atoms with E-state index in [9.17, 15) is 40.8 Å². The lowest BCUT2D eigenvalue weighted by molar-refractivity contribution is -0.245. The molecule has 1 aliphatic carbocycles. The van der Waals surface area contributed by atoms with Crippen molar-refractivity contribution in [1.82, 2.24) is 9.30 Å². The van der Waals surface area contributed by atoms with Crippen LogP contribution in [0.5, 0.6) is 0 Å². The normalized spacial score (nSPS) is 13.1. The van der Waals surface area contributed by atoms with Gasteiger partial charge in [-0.3, -0.25) is 14.1 Å². The van der Waals surface area contributed by atoms with Crippen LogP contribution in [0, 0.1) is 0 Å². The summed E-state index contributed by atoms with van der Waals surface area (Å²) in [7, 11) is -14.9. The number of anilines is 1. The Hall–Kier alpha value is -4.04. The molecule has 0 saturated heterocycles. The molecule has 1 aliphatic heterocycles. The Morgan fingerprint density at radius 2 is 1.15 bits per heavy atom. The van der Waals surface area contributed by atoms with Gasteiger partial charge in [0.15, 0.2) is 6.10 Å². The molecule has 2 aliphatic rings. The van der Waals surface area contributed by atoms with E-state index in [1.165, 1.54) is 115 Å². The van der Waals surface area contributed by atoms with Crippen molar-refractivity contribution in [2.45, 2.75) is 237 Å². The number of benzene rings is 3. The van der Waals surface area contributed by atoms with E-state index in [1.807, 2.05) is 64.1 Å². The van der Waals surface area contributed by atoms with Crippen LogP contribution in [0.1, 0.15) is 221 Å². The molecule has 3 N–H and O–H groups in total. The zero-order chi connectivity index (χ0) is 61.2. The lowest BCUT2D eigenvalue weighted by atomic mass is 9.93. The third kappa shape index (κ3) is 26.1. The molecule has 0 saturated carbocycles. The van der Waals surface area contributed by atoms with Crippen LogP contribution in [-0.2, 0) is 48.3 Å². The predicted octanol–water partition coefficient (Wildman–Crippen LogP) is 13.9. The maximum Gasteiger partial charge on any atom is 0.376 e. The summed E-state index contributed by atoms with van der Waals surface area (Å²) in [6.45, 7) is 13.2. The van der Waals surface area contributed by atoms with Gasteiger partial charge in [-0.25, -0.2) is 17.7 Å². The van der Waals surface area contributed by atoms with Crippen molar-refractivity contribution in [3.8, 4) is 22.5 Å². The number of esters is 2. The summed E-state index contributed by atoms with van der Waals surface area (Å²) >= 11 is 0. The topological polar surface area (TPSA) is 234 Å². The number of rotatable bonds is 47. The van der Waals surface area contributed by atoms with Gasteiger partial charge in [0, 0.05) is 66.8 Å². The second-order valence-electron chi connectivity index (χ2n) is 22.1. The van der Waals surface area contributed by atoms with Crippen molar-refractivity contribution < 1.29 is 63.7 Å². The van der Waals surface area contributed by atoms with Crippen molar-refractivity contribution in [2.75, 3.05) is 57.4 Å². The van der Waals surface area contributed by atoms with Crippen LogP contribution in [0.4, 0.5) is 5.69 Å². The molecule has 2 aromatic carbocycles. The highest BCUT2D eigenvalue weighted by Gasteiger charge is 2.32. The second kappa shape index (κ2) is 39.7. The van der Waals surface area contributed by atoms with Crippen LogP contribution in [-0.4, -0.2) is 96.9 Å². The Labute approximate surface area is 504 Å². The number of unbranched alkanes of at least 4 members (excludes halogenated alkanes) is 24. The highest BCUT2D eigenvalue weighted by Crippen LogP contribution is 2.47. The fourth-order valence-corrected chi connectivity index (χ4v) is 13.7. The highest BCUT2D eigenvalue weighted by molar-refractivity contribution is 7.91. The monoisotopic (exact) mass is 1230 g/mol. The van der Waals surface area contributed by atoms with E-state index in [2.05, 4.69) is 28.0 Å². The number of hydrogen-bond donors (Lipinski definition) is 3. The summed E-state index contributed by atoms with van der Waals surface area (Å²) in [6, 6.07) is 15.0. The molecule has 2 aromatic rings. The first-order valence-corrected chi connectivity index (χ1v) is 36.3. The predicted molar refractivity (Wildman–Crippen MR) is 336 cm³/mol. The number of hydrogen-bond acceptors (Lipinski definition) is 14. The summed E-state index contributed by atoms with van der Waals surface area (Å²) in [5.74, 6) is -0.564. The van der Waals surface area contributed by atoms with Gasteiger partial charge in [0.1, 0.15) is 54.0 Å². The van der Waals surface area contributed by atoms with Crippen molar-refractivity contribution in [1.29, 1.82) is 0 Å². The van der Waals surface area contributed by atoms with E-state index in [4.69, 9.17) is 22.9 Å². The molecular formula is C64H103N3O14PS2+. The van der Waals surface area contributed by atoms with Gasteiger partial charge in [0.05, 0.1) is 6.07 Å². The number of nitrogens with one attached hydrogen (secondary N) is 1. The zero-order valence-corrected chi connectivity index (χ0v) is 54.2. The summed E-state index contributed by atoms with van der Waals surface area (Å²) < 4.78 is 96.6. The van der Waals surface area contributed by atoms with Gasteiger partial charge in [-0.2, -0.15) is 22.4 Å². The molecule has 1 unspecified atom stereocenters. The quantitative estimate of drug-likeness (QED) is 0.00932. The third-order valence-electron chi connectivity index (χ3n) is 15.5. The Morgan fingerprint density at radius 1 is 0.631 bits per heavy atom. The van der Waals surface area contributed by atoms with Crippen LogP contribution in [0.25, 0.3) is 33.4 Å². The minimum atomic E-state index is -5.18. The molecule has 474 valence electrons. The van der Waals surface area contributed by atoms with Gasteiger partial charge < -0.3 is 23.7 Å². The number of ether oxygens (including phenoxy) is 2. The first kappa shape index (κ1) is 72.4. The van der Waals surface area contributed by atoms with E-state index in [1.54, 1.807) is 0 Å². The molecule has 0 spiro atoms. The number of carbonyl (C=O) groups excluding carboxylic acids is 2. The first-order valence-electron chi connectivity index (χ1n) is 31.8. The van der Waals surface area contributed by atoms with Crippen molar-refractivity contribution in [2.24, 2.45) is 0 Å². The zero-order valence-electron chi connectivity index (χ0n) is 51.7. The van der Waals surface area contributed by atoms with Gasteiger partial charge in [-0.05, 0) is 76.4 Å². The largest absolute Gasteiger partial charge is 0.606 e. The first-order chi connectivity index (χ1) is 40.4. The number of carbonyl (C=O) groups is 2. The van der Waals surface area contributed by atoms with E-state index in [0.29, 0.717) is 40.7 Å². The SMILES string of the molecule is CCCCCCCCCCCCCCCC(=O)OC[C@H](CO[P+]([O-])(O)OCCNS(=O)(=O)c1ccc(-c2c3ccc(=[N+](CC)CC)cc-3oc3cc(N(CC)CC)ccc23)cc1S(=O)(=O)O)OC(=O)CCCCCCCCCCCCCCC. The highest BCUT2D eigenvalue weighted by atomic mass is 32.2. The van der Waals surface area contributed by atoms with Gasteiger partial charge in [0.25, 0.3) is 10.1 Å². The third-order valence-corrected chi connectivity index (χ3v) is 19.0. The van der Waals surface area contributed by atoms with Crippen LogP contribution >= 0.6 is 8.17 Å². The van der Waals surface area contributed by atoms with Gasteiger partial charge in [-0.1, -0.05) is 174 Å². The number of phosphoric acid groups is 1. The number of fused-ring (bicyclic) bond motifs is 2. The second-order valence-corrected chi connectivity index (χ2v) is 26.7. The number of phosphoric ester groups is 1. The lowest BCUT2D eigenvalue weighted by Crippen LogP contribution is -2.32. The average Bonchev–Trinajstić information content (AvgIpc) is 1.66. The molecule has 84 heavy (non-hydrogen) atoms. The molecule has 4 rings (SSSR count). The smallest absolute Gasteiger partial charge is 0.376 e. The lowest BCUT2D eigenvalue weighted by Gasteiger charge is -2.23. The van der Waals surface area contributed by atoms with Gasteiger partial charge in [-0.15, -0.1) is 0 Å². The summed E-state index contributed by atoms with van der Waals surface area (Å²) in [5, 5.41) is 1.53. The number of sulfonamides is 1. The molecule has 0 radical (unpaired) electrons. The molecule has 1 heterocycles. The molecular weight excluding hydrogens is 1130 g/mol. The summed E-state index contributed by atoms with van der Waals surface area (Å²) in [5.41, 5.74) is 2.87. The minimum Gasteiger partial charge on any atom is -0.606 e. The maximum absolute atomic E-state index is 13.8. The van der Waals surface area contributed by atoms with Crippen molar-refractivity contribution in [3.63, 3.8) is 0 Å². The minimum absolute atomic E-state index is 0.100. The fraction of sp³-hybridized carbons (Fsp3) is 0.672. The van der Waals surface area contributed by atoms with Crippen LogP contribution in [0.15, 0.2) is 68.8 Å². The molecule has 0 aromatic heterocycles. The van der Waals surface area contributed by atoms with Crippen molar-refractivity contribution >= 4 is 56.9 Å². The Morgan fingerprint density at radius 3 is 1.67 bits per heavy atom.